The number of fused-ring (bicyclic) bond motifs is 1. The van der Waals surface area contributed by atoms with Crippen LogP contribution in [0.5, 0.6) is 0 Å². The van der Waals surface area contributed by atoms with Crippen LogP contribution in [0.4, 0.5) is 18.9 Å². The first kappa shape index (κ1) is 23.6. The quantitative estimate of drug-likeness (QED) is 0.549. The summed E-state index contributed by atoms with van der Waals surface area (Å²) in [6.45, 7) is 4.31. The van der Waals surface area contributed by atoms with E-state index >= 15 is 0 Å². The molecule has 8 heteroatoms. The Balaban J connectivity index is 1.56. The smallest absolute Gasteiger partial charge is 0.381 e. The van der Waals surface area contributed by atoms with Gasteiger partial charge < -0.3 is 15.2 Å². The minimum atomic E-state index is -4.70. The summed E-state index contributed by atoms with van der Waals surface area (Å²) >= 11 is 0. The summed E-state index contributed by atoms with van der Waals surface area (Å²) in [6.07, 6.45) is -2.64. The predicted molar refractivity (Wildman–Crippen MR) is 125 cm³/mol. The number of alkyl halides is 3. The van der Waals surface area contributed by atoms with Gasteiger partial charge in [0.05, 0.1) is 0 Å². The summed E-state index contributed by atoms with van der Waals surface area (Å²) < 4.78 is 42.0. The van der Waals surface area contributed by atoms with E-state index < -0.39 is 23.7 Å². The van der Waals surface area contributed by atoms with Gasteiger partial charge in [-0.1, -0.05) is 50.2 Å². The molecule has 1 aromatic heterocycles. The summed E-state index contributed by atoms with van der Waals surface area (Å²) in [5.74, 6) is -0.888. The molecule has 2 N–H and O–H groups in total. The Morgan fingerprint density at radius 2 is 1.79 bits per heavy atom. The van der Waals surface area contributed by atoms with Crippen LogP contribution in [0.15, 0.2) is 71.7 Å². The van der Waals surface area contributed by atoms with Crippen molar-refractivity contribution in [3.8, 4) is 0 Å². The highest BCUT2D eigenvalue weighted by Crippen LogP contribution is 2.41. The molecule has 34 heavy (non-hydrogen) atoms. The fourth-order valence-corrected chi connectivity index (χ4v) is 4.71. The van der Waals surface area contributed by atoms with Crippen LogP contribution in [0.3, 0.4) is 0 Å². The first-order valence-corrected chi connectivity index (χ1v) is 11.0. The van der Waals surface area contributed by atoms with Crippen LogP contribution < -0.4 is 10.9 Å². The maximum Gasteiger partial charge on any atom is 0.413 e. The van der Waals surface area contributed by atoms with Crippen LogP contribution in [0, 0.1) is 0 Å². The number of aromatic nitrogens is 1. The van der Waals surface area contributed by atoms with Gasteiger partial charge in [-0.3, -0.25) is 9.59 Å². The van der Waals surface area contributed by atoms with Crippen molar-refractivity contribution in [1.82, 2.24) is 9.88 Å². The number of aromatic amines is 1. The monoisotopic (exact) mass is 469 g/mol. The number of carbonyl (C=O) groups excluding carboxylic acids is 1. The first-order chi connectivity index (χ1) is 16.0. The van der Waals surface area contributed by atoms with Crippen LogP contribution in [-0.2, 0) is 11.8 Å². The summed E-state index contributed by atoms with van der Waals surface area (Å²) in [7, 11) is 1.09. The predicted octanol–water partition coefficient (Wildman–Crippen LogP) is 5.06. The van der Waals surface area contributed by atoms with Gasteiger partial charge in [0.2, 0.25) is 5.56 Å². The zero-order valence-electron chi connectivity index (χ0n) is 19.1. The molecule has 178 valence electrons. The van der Waals surface area contributed by atoms with Crippen molar-refractivity contribution in [3.63, 3.8) is 0 Å². The number of carbonyl (C=O) groups is 1. The third-order valence-electron chi connectivity index (χ3n) is 6.61. The maximum atomic E-state index is 14.0. The molecule has 1 aliphatic carbocycles. The highest BCUT2D eigenvalue weighted by Gasteiger charge is 2.45. The molecule has 0 bridgehead atoms. The Bertz CT molecular complexity index is 1250. The van der Waals surface area contributed by atoms with Crippen molar-refractivity contribution < 1.29 is 18.0 Å². The molecule has 0 aliphatic heterocycles. The summed E-state index contributed by atoms with van der Waals surface area (Å²) in [4.78, 5) is 27.2. The van der Waals surface area contributed by atoms with E-state index in [0.717, 1.165) is 19.5 Å². The molecular weight excluding hydrogens is 443 g/mol. The second-order valence-electron chi connectivity index (χ2n) is 9.20. The number of pyridine rings is 1. The van der Waals surface area contributed by atoms with Gasteiger partial charge in [-0.05, 0) is 41.3 Å². The summed E-state index contributed by atoms with van der Waals surface area (Å²) in [5.41, 5.74) is 2.37. The van der Waals surface area contributed by atoms with Crippen molar-refractivity contribution in [1.29, 1.82) is 0 Å². The van der Waals surface area contributed by atoms with Crippen molar-refractivity contribution >= 4 is 11.6 Å². The highest BCUT2D eigenvalue weighted by molar-refractivity contribution is 5.94. The number of hydrogen-bond acceptors (Lipinski definition) is 3. The van der Waals surface area contributed by atoms with Crippen molar-refractivity contribution in [2.45, 2.75) is 43.9 Å². The zero-order valence-corrected chi connectivity index (χ0v) is 19.1. The van der Waals surface area contributed by atoms with Gasteiger partial charge in [0.1, 0.15) is 0 Å². The second kappa shape index (κ2) is 8.66. The number of halogens is 3. The molecule has 1 unspecified atom stereocenters. The van der Waals surface area contributed by atoms with E-state index in [9.17, 15) is 22.8 Å². The average molecular weight is 470 g/mol. The van der Waals surface area contributed by atoms with Crippen molar-refractivity contribution in [2.75, 3.05) is 12.4 Å². The molecule has 0 saturated carbocycles. The third-order valence-corrected chi connectivity index (χ3v) is 6.61. The van der Waals surface area contributed by atoms with Crippen LogP contribution in [-0.4, -0.2) is 35.1 Å². The molecule has 0 spiro atoms. The van der Waals surface area contributed by atoms with Gasteiger partial charge in [0, 0.05) is 42.0 Å². The molecule has 2 aromatic carbocycles. The van der Waals surface area contributed by atoms with Gasteiger partial charge in [0.15, 0.2) is 6.04 Å². The molecule has 0 fully saturated rings. The van der Waals surface area contributed by atoms with Gasteiger partial charge in [0.25, 0.3) is 5.91 Å². The van der Waals surface area contributed by atoms with E-state index in [2.05, 4.69) is 36.3 Å². The molecule has 4 rings (SSSR count). The lowest BCUT2D eigenvalue weighted by Gasteiger charge is -2.31. The molecule has 2 atom stereocenters. The van der Waals surface area contributed by atoms with E-state index in [1.54, 1.807) is 12.1 Å². The number of anilines is 1. The average Bonchev–Trinajstić information content (AvgIpc) is 3.03. The number of benzene rings is 2. The third kappa shape index (κ3) is 4.44. The fourth-order valence-electron chi connectivity index (χ4n) is 4.71. The van der Waals surface area contributed by atoms with Gasteiger partial charge >= 0.3 is 6.18 Å². The highest BCUT2D eigenvalue weighted by atomic mass is 19.4. The number of amides is 1. The number of H-pyrrole nitrogens is 1. The summed E-state index contributed by atoms with van der Waals surface area (Å²) in [5, 5.41) is 3.47. The lowest BCUT2D eigenvalue weighted by atomic mass is 9.83. The van der Waals surface area contributed by atoms with E-state index in [1.165, 1.54) is 35.5 Å². The maximum absolute atomic E-state index is 14.0. The molecule has 1 aliphatic rings. The molecule has 0 saturated heterocycles. The minimum absolute atomic E-state index is 0.0623. The second-order valence-corrected chi connectivity index (χ2v) is 9.20. The number of hydrogen-bond donors (Lipinski definition) is 2. The first-order valence-electron chi connectivity index (χ1n) is 11.0. The Morgan fingerprint density at radius 1 is 1.12 bits per heavy atom. The Labute approximate surface area is 195 Å². The SMILES string of the molecule is CN(C(=O)c1cc[nH]c(=O)c1)[C@@H](c1ccc(NC2Cc3ccccc3C2(C)C)cc1)C(F)(F)F. The topological polar surface area (TPSA) is 65.2 Å². The van der Waals surface area contributed by atoms with Crippen LogP contribution in [0.25, 0.3) is 0 Å². The van der Waals surface area contributed by atoms with Gasteiger partial charge in [-0.15, -0.1) is 0 Å². The van der Waals surface area contributed by atoms with E-state index in [0.29, 0.717) is 10.6 Å². The Hall–Kier alpha value is -3.55. The largest absolute Gasteiger partial charge is 0.413 e. The van der Waals surface area contributed by atoms with Crippen molar-refractivity contribution in [3.05, 3.63) is 99.5 Å². The number of rotatable bonds is 5. The van der Waals surface area contributed by atoms with Gasteiger partial charge in [-0.25, -0.2) is 0 Å². The van der Waals surface area contributed by atoms with Crippen molar-refractivity contribution in [2.24, 2.45) is 0 Å². The Morgan fingerprint density at radius 3 is 2.41 bits per heavy atom. The molecule has 0 radical (unpaired) electrons. The van der Waals surface area contributed by atoms with E-state index in [-0.39, 0.29) is 22.6 Å². The van der Waals surface area contributed by atoms with Gasteiger partial charge in [-0.2, -0.15) is 13.2 Å². The molecule has 1 amide bonds. The fraction of sp³-hybridized carbons (Fsp3) is 0.308. The zero-order chi connectivity index (χ0) is 24.7. The lowest BCUT2D eigenvalue weighted by Crippen LogP contribution is -2.40. The van der Waals surface area contributed by atoms with Crippen LogP contribution >= 0.6 is 0 Å². The normalized spacial score (nSPS) is 17.6. The Kier molecular flexibility index (Phi) is 6.02. The lowest BCUT2D eigenvalue weighted by molar-refractivity contribution is -0.176. The molecule has 3 aromatic rings. The molecular formula is C26H26F3N3O2. The minimum Gasteiger partial charge on any atom is -0.381 e. The van der Waals surface area contributed by atoms with Crippen LogP contribution in [0.2, 0.25) is 0 Å². The number of nitrogens with one attached hydrogen (secondary N) is 2. The number of nitrogens with zero attached hydrogens (tertiary/aromatic N) is 1. The standard InChI is InChI=1S/C26H26F3N3O2/c1-25(2)20-7-5-4-6-17(20)14-21(25)31-19-10-8-16(9-11-19)23(26(27,28)29)32(3)24(34)18-12-13-30-22(33)15-18/h4-13,15,21,23,31H,14H2,1-3H3,(H,30,33)/t21?,23-/m0/s1. The molecule has 5 nitrogen and oxygen atoms in total. The van der Waals surface area contributed by atoms with E-state index in [1.807, 2.05) is 12.1 Å². The summed E-state index contributed by atoms with van der Waals surface area (Å²) in [6, 6.07) is 14.4. The van der Waals surface area contributed by atoms with Crippen LogP contribution in [0.1, 0.15) is 46.9 Å². The van der Waals surface area contributed by atoms with E-state index in [4.69, 9.17) is 0 Å². The molecule has 1 heterocycles.